The third-order valence-corrected chi connectivity index (χ3v) is 5.22. The Morgan fingerprint density at radius 2 is 1.67 bits per heavy atom. The van der Waals surface area contributed by atoms with E-state index in [1.165, 1.54) is 0 Å². The number of amides is 1. The van der Waals surface area contributed by atoms with Crippen LogP contribution in [0.15, 0.2) is 60.7 Å². The molecule has 6 nitrogen and oxygen atoms in total. The number of likely N-dealkylation sites (tertiary alicyclic amines) is 1. The first-order valence-electron chi connectivity index (χ1n) is 8.88. The van der Waals surface area contributed by atoms with Gasteiger partial charge in [0.2, 0.25) is 5.91 Å². The maximum absolute atomic E-state index is 12.6. The maximum Gasteiger partial charge on any atom is 0.264 e. The molecule has 2 atom stereocenters. The van der Waals surface area contributed by atoms with Crippen molar-refractivity contribution in [2.45, 2.75) is 31.6 Å². The quantitative estimate of drug-likeness (QED) is 0.700. The highest BCUT2D eigenvalue weighted by atomic mass is 32.2. The molecule has 27 heavy (non-hydrogen) atoms. The Bertz CT molecular complexity index is 856. The number of nitrogens with one attached hydrogen (secondary N) is 1. The van der Waals surface area contributed by atoms with Crippen LogP contribution in [0.4, 0.5) is 0 Å². The molecule has 2 unspecified atom stereocenters. The normalized spacial score (nSPS) is 20.0. The van der Waals surface area contributed by atoms with Crippen LogP contribution in [0.2, 0.25) is 0 Å². The van der Waals surface area contributed by atoms with Crippen LogP contribution >= 0.6 is 0 Å². The summed E-state index contributed by atoms with van der Waals surface area (Å²) in [6, 6.07) is 19.2. The summed E-state index contributed by atoms with van der Waals surface area (Å²) >= 11 is 0. The molecule has 7 heteroatoms. The molecular formula is C20H24N2O4S. The molecule has 1 saturated heterocycles. The molecule has 2 aromatic carbocycles. The van der Waals surface area contributed by atoms with Crippen LogP contribution in [0, 0.1) is 0 Å². The molecule has 0 aliphatic carbocycles. The van der Waals surface area contributed by atoms with Gasteiger partial charge in [0.15, 0.2) is 0 Å². The molecule has 1 heterocycles. The monoisotopic (exact) mass is 388 g/mol. The lowest BCUT2D eigenvalue weighted by Crippen LogP contribution is -2.62. The van der Waals surface area contributed by atoms with E-state index in [0.717, 1.165) is 17.4 Å². The Morgan fingerprint density at radius 1 is 1.07 bits per heavy atom. The van der Waals surface area contributed by atoms with Crippen molar-refractivity contribution in [1.29, 1.82) is 0 Å². The smallest absolute Gasteiger partial charge is 0.264 e. The molecule has 3 rings (SSSR count). The molecule has 1 fully saturated rings. The van der Waals surface area contributed by atoms with Crippen LogP contribution in [-0.4, -0.2) is 44.2 Å². The van der Waals surface area contributed by atoms with Crippen molar-refractivity contribution in [2.75, 3.05) is 12.9 Å². The van der Waals surface area contributed by atoms with Gasteiger partial charge in [0.1, 0.15) is 0 Å². The van der Waals surface area contributed by atoms with Crippen LogP contribution in [0.5, 0.6) is 0 Å². The third-order valence-electron chi connectivity index (χ3n) is 4.66. The van der Waals surface area contributed by atoms with E-state index in [0.29, 0.717) is 19.5 Å². The molecule has 0 bridgehead atoms. The molecule has 0 radical (unpaired) electrons. The minimum Gasteiger partial charge on any atom is -0.351 e. The number of nitrogens with zero attached hydrogens (tertiary/aromatic N) is 1. The molecule has 1 aliphatic rings. The SMILES string of the molecule is CS(=O)(=O)OCC1CC(C(=O)NCc2ccccc2)N1Cc1ccccc1. The van der Waals surface area contributed by atoms with E-state index in [1.807, 2.05) is 65.6 Å². The lowest BCUT2D eigenvalue weighted by molar-refractivity contribution is -0.136. The van der Waals surface area contributed by atoms with E-state index in [2.05, 4.69) is 5.32 Å². The zero-order valence-corrected chi connectivity index (χ0v) is 16.1. The highest BCUT2D eigenvalue weighted by Gasteiger charge is 2.43. The van der Waals surface area contributed by atoms with Crippen molar-refractivity contribution in [2.24, 2.45) is 0 Å². The largest absolute Gasteiger partial charge is 0.351 e. The van der Waals surface area contributed by atoms with Crippen LogP contribution in [0.25, 0.3) is 0 Å². The number of carbonyl (C=O) groups excluding carboxylic acids is 1. The van der Waals surface area contributed by atoms with Gasteiger partial charge in [-0.3, -0.25) is 13.9 Å². The fourth-order valence-electron chi connectivity index (χ4n) is 3.20. The molecule has 0 saturated carbocycles. The van der Waals surface area contributed by atoms with Crippen LogP contribution < -0.4 is 5.32 Å². The second kappa shape index (κ2) is 8.65. The van der Waals surface area contributed by atoms with Crippen molar-refractivity contribution < 1.29 is 17.4 Å². The van der Waals surface area contributed by atoms with Crippen LogP contribution in [0.1, 0.15) is 17.5 Å². The number of rotatable bonds is 8. The van der Waals surface area contributed by atoms with Gasteiger partial charge in [0.25, 0.3) is 10.1 Å². The van der Waals surface area contributed by atoms with Gasteiger partial charge in [-0.2, -0.15) is 8.42 Å². The average Bonchev–Trinajstić information content (AvgIpc) is 2.64. The summed E-state index contributed by atoms with van der Waals surface area (Å²) in [5.41, 5.74) is 2.11. The fourth-order valence-corrected chi connectivity index (χ4v) is 3.61. The molecular weight excluding hydrogens is 364 g/mol. The fraction of sp³-hybridized carbons (Fsp3) is 0.350. The van der Waals surface area contributed by atoms with E-state index in [4.69, 9.17) is 4.18 Å². The van der Waals surface area contributed by atoms with Gasteiger partial charge in [0, 0.05) is 19.1 Å². The summed E-state index contributed by atoms with van der Waals surface area (Å²) in [5, 5.41) is 2.97. The number of benzene rings is 2. The van der Waals surface area contributed by atoms with Gasteiger partial charge in [0.05, 0.1) is 18.9 Å². The van der Waals surface area contributed by atoms with Gasteiger partial charge >= 0.3 is 0 Å². The highest BCUT2D eigenvalue weighted by molar-refractivity contribution is 7.85. The van der Waals surface area contributed by atoms with E-state index in [-0.39, 0.29) is 24.6 Å². The summed E-state index contributed by atoms with van der Waals surface area (Å²) in [5.74, 6) is -0.0506. The third kappa shape index (κ3) is 5.63. The summed E-state index contributed by atoms with van der Waals surface area (Å²) < 4.78 is 27.5. The molecule has 1 amide bonds. The van der Waals surface area contributed by atoms with Crippen LogP contribution in [-0.2, 0) is 32.2 Å². The van der Waals surface area contributed by atoms with Crippen molar-refractivity contribution in [3.63, 3.8) is 0 Å². The molecule has 2 aromatic rings. The predicted molar refractivity (Wildman–Crippen MR) is 103 cm³/mol. The van der Waals surface area contributed by atoms with Gasteiger partial charge in [-0.15, -0.1) is 0 Å². The van der Waals surface area contributed by atoms with Crippen LogP contribution in [0.3, 0.4) is 0 Å². The summed E-state index contributed by atoms with van der Waals surface area (Å²) in [4.78, 5) is 14.6. The van der Waals surface area contributed by atoms with Gasteiger partial charge < -0.3 is 5.32 Å². The van der Waals surface area contributed by atoms with Gasteiger partial charge in [-0.05, 0) is 17.5 Å². The average molecular weight is 388 g/mol. The lowest BCUT2D eigenvalue weighted by atomic mass is 9.91. The summed E-state index contributed by atoms with van der Waals surface area (Å²) in [6.07, 6.45) is 1.61. The standard InChI is InChI=1S/C20H24N2O4S/c1-27(24,25)26-15-18-12-19(22(18)14-17-10-6-3-7-11-17)20(23)21-13-16-8-4-2-5-9-16/h2-11,18-19H,12-15H2,1H3,(H,21,23). The summed E-state index contributed by atoms with van der Waals surface area (Å²) in [7, 11) is -3.50. The second-order valence-electron chi connectivity index (χ2n) is 6.76. The summed E-state index contributed by atoms with van der Waals surface area (Å²) in [6.45, 7) is 1.11. The van der Waals surface area contributed by atoms with E-state index < -0.39 is 10.1 Å². The first-order valence-corrected chi connectivity index (χ1v) is 10.7. The molecule has 1 aliphatic heterocycles. The minimum absolute atomic E-state index is 0.0506. The first kappa shape index (κ1) is 19.5. The minimum atomic E-state index is -3.50. The maximum atomic E-state index is 12.6. The number of hydrogen-bond donors (Lipinski definition) is 1. The van der Waals surface area contributed by atoms with Gasteiger partial charge in [-0.1, -0.05) is 60.7 Å². The predicted octanol–water partition coefficient (Wildman–Crippen LogP) is 1.92. The van der Waals surface area contributed by atoms with Gasteiger partial charge in [-0.25, -0.2) is 0 Å². The Kier molecular flexibility index (Phi) is 6.26. The zero-order valence-electron chi connectivity index (χ0n) is 15.2. The van der Waals surface area contributed by atoms with Crippen molar-refractivity contribution >= 4 is 16.0 Å². The molecule has 1 N–H and O–H groups in total. The number of hydrogen-bond acceptors (Lipinski definition) is 5. The molecule has 0 aromatic heterocycles. The highest BCUT2D eigenvalue weighted by Crippen LogP contribution is 2.29. The van der Waals surface area contributed by atoms with E-state index in [9.17, 15) is 13.2 Å². The van der Waals surface area contributed by atoms with Crippen molar-refractivity contribution in [3.8, 4) is 0 Å². The molecule has 0 spiro atoms. The van der Waals surface area contributed by atoms with E-state index in [1.54, 1.807) is 0 Å². The lowest BCUT2D eigenvalue weighted by Gasteiger charge is -2.47. The Hall–Kier alpha value is -2.22. The first-order chi connectivity index (χ1) is 12.9. The number of carbonyl (C=O) groups is 1. The molecule has 144 valence electrons. The Balaban J connectivity index is 1.62. The Labute approximate surface area is 160 Å². The van der Waals surface area contributed by atoms with Crippen molar-refractivity contribution in [1.82, 2.24) is 10.2 Å². The Morgan fingerprint density at radius 3 is 2.26 bits per heavy atom. The topological polar surface area (TPSA) is 75.7 Å². The zero-order chi connectivity index (χ0) is 19.3. The van der Waals surface area contributed by atoms with E-state index >= 15 is 0 Å². The second-order valence-corrected chi connectivity index (χ2v) is 8.40. The van der Waals surface area contributed by atoms with Crippen molar-refractivity contribution in [3.05, 3.63) is 71.8 Å².